The van der Waals surface area contributed by atoms with Crippen LogP contribution in [0.3, 0.4) is 0 Å². The monoisotopic (exact) mass is 458 g/mol. The van der Waals surface area contributed by atoms with Crippen LogP contribution in [-0.2, 0) is 22.6 Å². The topological polar surface area (TPSA) is 77.5 Å². The minimum atomic E-state index is -0.787. The number of nitrogens with zero attached hydrogens (tertiary/aromatic N) is 1. The first-order chi connectivity index (χ1) is 15.0. The molecule has 0 bridgehead atoms. The minimum Gasteiger partial charge on any atom is -0.486 e. The van der Waals surface area contributed by atoms with Gasteiger partial charge in [-0.3, -0.25) is 4.79 Å². The largest absolute Gasteiger partial charge is 0.486 e. The highest BCUT2D eigenvalue weighted by Gasteiger charge is 2.25. The predicted octanol–water partition coefficient (Wildman–Crippen LogP) is 4.59. The second kappa shape index (κ2) is 10.9. The highest BCUT2D eigenvalue weighted by atomic mass is 35.5. The number of aryl methyl sites for hydroxylation is 1. The van der Waals surface area contributed by atoms with Gasteiger partial charge in [-0.05, 0) is 43.7 Å². The Morgan fingerprint density at radius 1 is 1.13 bits per heavy atom. The molecule has 0 fully saturated rings. The molecule has 0 saturated carbocycles. The van der Waals surface area contributed by atoms with Gasteiger partial charge in [-0.25, -0.2) is 9.78 Å². The van der Waals surface area contributed by atoms with E-state index < -0.39 is 12.0 Å². The molecule has 1 atom stereocenters. The van der Waals surface area contributed by atoms with Gasteiger partial charge in [0.05, 0.1) is 12.3 Å². The van der Waals surface area contributed by atoms with E-state index in [4.69, 9.17) is 21.1 Å². The third kappa shape index (κ3) is 6.54. The van der Waals surface area contributed by atoms with Crippen LogP contribution in [0.5, 0.6) is 5.75 Å². The van der Waals surface area contributed by atoms with E-state index in [1.54, 1.807) is 38.1 Å². The molecule has 1 N–H and O–H groups in total. The fraction of sp³-hybridized carbons (Fsp3) is 0.261. The minimum absolute atomic E-state index is 0.228. The van der Waals surface area contributed by atoms with Gasteiger partial charge in [0.25, 0.3) is 5.91 Å². The van der Waals surface area contributed by atoms with Crippen molar-refractivity contribution in [2.24, 2.45) is 0 Å². The SMILES string of the molecule is CCOC(=O)C(Cc1ccccc1)NC(=O)c1sc(COc2ccc(Cl)cc2)nc1C. The Balaban J connectivity index is 1.68. The molecule has 1 unspecified atom stereocenters. The number of hydrogen-bond acceptors (Lipinski definition) is 6. The zero-order valence-electron chi connectivity index (χ0n) is 17.3. The number of nitrogens with one attached hydrogen (secondary N) is 1. The first-order valence-electron chi connectivity index (χ1n) is 9.82. The summed E-state index contributed by atoms with van der Waals surface area (Å²) >= 11 is 7.12. The Hall–Kier alpha value is -2.90. The molecular weight excluding hydrogens is 436 g/mol. The summed E-state index contributed by atoms with van der Waals surface area (Å²) < 4.78 is 10.9. The summed E-state index contributed by atoms with van der Waals surface area (Å²) in [6.07, 6.45) is 0.343. The normalized spacial score (nSPS) is 11.6. The lowest BCUT2D eigenvalue weighted by Crippen LogP contribution is -2.43. The van der Waals surface area contributed by atoms with Crippen LogP contribution in [0.4, 0.5) is 0 Å². The van der Waals surface area contributed by atoms with E-state index in [-0.39, 0.29) is 19.1 Å². The fourth-order valence-corrected chi connectivity index (χ4v) is 3.92. The maximum absolute atomic E-state index is 12.9. The molecule has 0 saturated heterocycles. The number of hydrogen-bond donors (Lipinski definition) is 1. The van der Waals surface area contributed by atoms with E-state index in [2.05, 4.69) is 10.3 Å². The zero-order chi connectivity index (χ0) is 22.2. The van der Waals surface area contributed by atoms with Gasteiger partial charge < -0.3 is 14.8 Å². The highest BCUT2D eigenvalue weighted by molar-refractivity contribution is 7.13. The van der Waals surface area contributed by atoms with Crippen molar-refractivity contribution in [1.29, 1.82) is 0 Å². The Morgan fingerprint density at radius 2 is 1.84 bits per heavy atom. The third-order valence-electron chi connectivity index (χ3n) is 4.38. The fourth-order valence-electron chi connectivity index (χ4n) is 2.91. The van der Waals surface area contributed by atoms with Crippen LogP contribution in [0.2, 0.25) is 5.02 Å². The third-order valence-corrected chi connectivity index (χ3v) is 5.76. The molecule has 1 amide bonds. The van der Waals surface area contributed by atoms with E-state index in [0.29, 0.717) is 32.8 Å². The predicted molar refractivity (Wildman–Crippen MR) is 121 cm³/mol. The summed E-state index contributed by atoms with van der Waals surface area (Å²) in [4.78, 5) is 30.2. The van der Waals surface area contributed by atoms with Gasteiger partial charge >= 0.3 is 5.97 Å². The van der Waals surface area contributed by atoms with Crippen LogP contribution in [0, 0.1) is 6.92 Å². The lowest BCUT2D eigenvalue weighted by molar-refractivity contribution is -0.145. The number of halogens is 1. The Bertz CT molecular complexity index is 1020. The summed E-state index contributed by atoms with van der Waals surface area (Å²) in [6, 6.07) is 15.7. The van der Waals surface area contributed by atoms with E-state index >= 15 is 0 Å². The molecule has 31 heavy (non-hydrogen) atoms. The molecule has 0 aliphatic rings. The van der Waals surface area contributed by atoms with Gasteiger partial charge in [-0.1, -0.05) is 41.9 Å². The average molecular weight is 459 g/mol. The summed E-state index contributed by atoms with van der Waals surface area (Å²) in [6.45, 7) is 3.96. The average Bonchev–Trinajstić information content (AvgIpc) is 3.14. The molecule has 2 aromatic carbocycles. The molecule has 3 aromatic rings. The van der Waals surface area contributed by atoms with Crippen molar-refractivity contribution in [3.8, 4) is 5.75 Å². The van der Waals surface area contributed by atoms with Crippen molar-refractivity contribution in [2.75, 3.05) is 6.61 Å². The summed E-state index contributed by atoms with van der Waals surface area (Å²) in [5.74, 6) is -0.164. The second-order valence-corrected chi connectivity index (χ2v) is 8.25. The molecule has 1 aromatic heterocycles. The molecule has 0 aliphatic carbocycles. The molecule has 3 rings (SSSR count). The summed E-state index contributed by atoms with van der Waals surface area (Å²) in [5.41, 5.74) is 1.51. The number of esters is 1. The van der Waals surface area contributed by atoms with Gasteiger partial charge in [0.1, 0.15) is 28.3 Å². The van der Waals surface area contributed by atoms with Crippen LogP contribution in [0.15, 0.2) is 54.6 Å². The number of carbonyl (C=O) groups excluding carboxylic acids is 2. The quantitative estimate of drug-likeness (QED) is 0.474. The number of thiazole rings is 1. The van der Waals surface area contributed by atoms with E-state index in [0.717, 1.165) is 5.56 Å². The van der Waals surface area contributed by atoms with Crippen molar-refractivity contribution >= 4 is 34.8 Å². The van der Waals surface area contributed by atoms with Crippen LogP contribution >= 0.6 is 22.9 Å². The Morgan fingerprint density at radius 3 is 2.52 bits per heavy atom. The number of carbonyl (C=O) groups is 2. The van der Waals surface area contributed by atoms with Crippen molar-refractivity contribution in [2.45, 2.75) is 32.9 Å². The van der Waals surface area contributed by atoms with Gasteiger partial charge in [0, 0.05) is 11.4 Å². The number of amides is 1. The van der Waals surface area contributed by atoms with Crippen LogP contribution < -0.4 is 10.1 Å². The van der Waals surface area contributed by atoms with E-state index in [1.807, 2.05) is 30.3 Å². The van der Waals surface area contributed by atoms with Crippen molar-refractivity contribution in [1.82, 2.24) is 10.3 Å². The van der Waals surface area contributed by atoms with Crippen LogP contribution in [0.25, 0.3) is 0 Å². The van der Waals surface area contributed by atoms with Crippen LogP contribution in [-0.4, -0.2) is 29.5 Å². The number of ether oxygens (including phenoxy) is 2. The van der Waals surface area contributed by atoms with Crippen molar-refractivity contribution in [3.63, 3.8) is 0 Å². The molecule has 8 heteroatoms. The van der Waals surface area contributed by atoms with Crippen molar-refractivity contribution < 1.29 is 19.1 Å². The molecule has 0 radical (unpaired) electrons. The molecule has 162 valence electrons. The molecule has 0 aliphatic heterocycles. The second-order valence-electron chi connectivity index (χ2n) is 6.73. The van der Waals surface area contributed by atoms with E-state index in [9.17, 15) is 9.59 Å². The summed E-state index contributed by atoms with van der Waals surface area (Å²) in [7, 11) is 0. The lowest BCUT2D eigenvalue weighted by Gasteiger charge is -2.17. The Labute approximate surface area is 190 Å². The maximum atomic E-state index is 12.9. The molecule has 6 nitrogen and oxygen atoms in total. The highest BCUT2D eigenvalue weighted by Crippen LogP contribution is 2.22. The standard InChI is InChI=1S/C23H23ClN2O4S/c1-3-29-23(28)19(13-16-7-5-4-6-8-16)26-22(27)21-15(2)25-20(31-21)14-30-18-11-9-17(24)10-12-18/h4-12,19H,3,13-14H2,1-2H3,(H,26,27). The molecule has 0 spiro atoms. The number of aromatic nitrogens is 1. The van der Waals surface area contributed by atoms with Crippen LogP contribution in [0.1, 0.15) is 32.9 Å². The van der Waals surface area contributed by atoms with E-state index in [1.165, 1.54) is 11.3 Å². The zero-order valence-corrected chi connectivity index (χ0v) is 18.8. The Kier molecular flexibility index (Phi) is 8.03. The lowest BCUT2D eigenvalue weighted by atomic mass is 10.1. The van der Waals surface area contributed by atoms with Gasteiger partial charge in [0.15, 0.2) is 0 Å². The maximum Gasteiger partial charge on any atom is 0.328 e. The number of benzene rings is 2. The van der Waals surface area contributed by atoms with Crippen molar-refractivity contribution in [3.05, 3.63) is 80.8 Å². The van der Waals surface area contributed by atoms with Gasteiger partial charge in [0.2, 0.25) is 0 Å². The molecular formula is C23H23ClN2O4S. The number of rotatable bonds is 9. The van der Waals surface area contributed by atoms with Gasteiger partial charge in [-0.15, -0.1) is 11.3 Å². The molecule has 1 heterocycles. The van der Waals surface area contributed by atoms with Gasteiger partial charge in [-0.2, -0.15) is 0 Å². The smallest absolute Gasteiger partial charge is 0.328 e. The first-order valence-corrected chi connectivity index (χ1v) is 11.0. The first kappa shape index (κ1) is 22.8. The summed E-state index contributed by atoms with van der Waals surface area (Å²) in [5, 5.41) is 4.09.